The van der Waals surface area contributed by atoms with Gasteiger partial charge in [0.05, 0.1) is 17.9 Å². The first-order chi connectivity index (χ1) is 19.6. The lowest BCUT2D eigenvalue weighted by molar-refractivity contribution is 0.102. The SMILES string of the molecule is O=C(Nc1ccccc1C(=O)Nc1ccc(Nc2ccccc2)cc1)c1cccc(OCCc2ccccc2)c1. The molecule has 5 rings (SSSR count). The molecule has 3 N–H and O–H groups in total. The van der Waals surface area contributed by atoms with Gasteiger partial charge in [0.15, 0.2) is 0 Å². The van der Waals surface area contributed by atoms with Crippen molar-refractivity contribution in [3.8, 4) is 5.75 Å². The Hall–Kier alpha value is -5.36. The fourth-order valence-corrected chi connectivity index (χ4v) is 4.17. The Kier molecular flexibility index (Phi) is 8.49. The van der Waals surface area contributed by atoms with Crippen LogP contribution in [0.4, 0.5) is 22.7 Å². The van der Waals surface area contributed by atoms with E-state index in [1.807, 2.05) is 78.9 Å². The molecular formula is C34H29N3O3. The van der Waals surface area contributed by atoms with E-state index in [-0.39, 0.29) is 11.8 Å². The highest BCUT2D eigenvalue weighted by Crippen LogP contribution is 2.22. The lowest BCUT2D eigenvalue weighted by Crippen LogP contribution is -2.18. The highest BCUT2D eigenvalue weighted by molar-refractivity contribution is 6.12. The molecule has 0 aliphatic heterocycles. The number of ether oxygens (including phenoxy) is 1. The minimum Gasteiger partial charge on any atom is -0.493 e. The number of carbonyl (C=O) groups excluding carboxylic acids is 2. The molecule has 6 heteroatoms. The van der Waals surface area contributed by atoms with Crippen LogP contribution in [0.25, 0.3) is 0 Å². The van der Waals surface area contributed by atoms with Gasteiger partial charge in [-0.3, -0.25) is 9.59 Å². The molecule has 40 heavy (non-hydrogen) atoms. The van der Waals surface area contributed by atoms with Gasteiger partial charge in [-0.1, -0.05) is 66.7 Å². The molecular weight excluding hydrogens is 498 g/mol. The Morgan fingerprint density at radius 1 is 0.575 bits per heavy atom. The number of carbonyl (C=O) groups is 2. The Labute approximate surface area is 233 Å². The first-order valence-corrected chi connectivity index (χ1v) is 13.0. The van der Waals surface area contributed by atoms with Crippen LogP contribution >= 0.6 is 0 Å². The van der Waals surface area contributed by atoms with Gasteiger partial charge in [0.25, 0.3) is 11.8 Å². The molecule has 0 heterocycles. The third-order valence-electron chi connectivity index (χ3n) is 6.22. The number of hydrogen-bond acceptors (Lipinski definition) is 4. The Bertz CT molecular complexity index is 1570. The molecule has 0 fully saturated rings. The lowest BCUT2D eigenvalue weighted by atomic mass is 10.1. The van der Waals surface area contributed by atoms with Crippen molar-refractivity contribution in [3.05, 3.63) is 150 Å². The predicted octanol–water partition coefficient (Wildman–Crippen LogP) is 7.56. The summed E-state index contributed by atoms with van der Waals surface area (Å²) in [5.41, 5.74) is 4.93. The molecule has 5 aromatic rings. The molecule has 0 saturated carbocycles. The van der Waals surface area contributed by atoms with Crippen LogP contribution in [0.2, 0.25) is 0 Å². The molecule has 0 aromatic heterocycles. The molecule has 0 aliphatic carbocycles. The second-order valence-corrected chi connectivity index (χ2v) is 9.13. The van der Waals surface area contributed by atoms with E-state index in [1.165, 1.54) is 5.56 Å². The molecule has 5 aromatic carbocycles. The standard InChI is InChI=1S/C34H29N3O3/c38-33(26-12-9-15-30(24-26)40-23-22-25-10-3-1-4-11-25)37-32-17-8-7-16-31(32)34(39)36-29-20-18-28(19-21-29)35-27-13-5-2-6-14-27/h1-21,24,35H,22-23H2,(H,36,39)(H,37,38). The van der Waals surface area contributed by atoms with Gasteiger partial charge in [-0.25, -0.2) is 0 Å². The van der Waals surface area contributed by atoms with Crippen LogP contribution in [0.3, 0.4) is 0 Å². The van der Waals surface area contributed by atoms with E-state index in [0.29, 0.717) is 34.9 Å². The van der Waals surface area contributed by atoms with Crippen LogP contribution in [0.15, 0.2) is 133 Å². The molecule has 0 atom stereocenters. The number of nitrogens with one attached hydrogen (secondary N) is 3. The summed E-state index contributed by atoms with van der Waals surface area (Å²) in [7, 11) is 0. The first kappa shape index (κ1) is 26.3. The smallest absolute Gasteiger partial charge is 0.257 e. The highest BCUT2D eigenvalue weighted by Gasteiger charge is 2.15. The summed E-state index contributed by atoms with van der Waals surface area (Å²) >= 11 is 0. The molecule has 2 amide bonds. The van der Waals surface area contributed by atoms with Crippen LogP contribution in [0.1, 0.15) is 26.3 Å². The zero-order valence-electron chi connectivity index (χ0n) is 21.8. The lowest BCUT2D eigenvalue weighted by Gasteiger charge is -2.13. The van der Waals surface area contributed by atoms with Gasteiger partial charge in [0.1, 0.15) is 5.75 Å². The van der Waals surface area contributed by atoms with Crippen LogP contribution in [0, 0.1) is 0 Å². The zero-order valence-corrected chi connectivity index (χ0v) is 21.8. The maximum absolute atomic E-state index is 13.1. The van der Waals surface area contributed by atoms with Crippen LogP contribution in [0.5, 0.6) is 5.75 Å². The van der Waals surface area contributed by atoms with Crippen molar-refractivity contribution >= 4 is 34.6 Å². The van der Waals surface area contributed by atoms with Crippen molar-refractivity contribution in [1.29, 1.82) is 0 Å². The number of para-hydroxylation sites is 2. The predicted molar refractivity (Wildman–Crippen MR) is 161 cm³/mol. The van der Waals surface area contributed by atoms with Gasteiger partial charge >= 0.3 is 0 Å². The molecule has 6 nitrogen and oxygen atoms in total. The van der Waals surface area contributed by atoms with E-state index in [4.69, 9.17) is 4.74 Å². The second kappa shape index (κ2) is 12.9. The zero-order chi connectivity index (χ0) is 27.6. The largest absolute Gasteiger partial charge is 0.493 e. The number of amides is 2. The van der Waals surface area contributed by atoms with Crippen molar-refractivity contribution < 1.29 is 14.3 Å². The van der Waals surface area contributed by atoms with Gasteiger partial charge in [-0.2, -0.15) is 0 Å². The number of anilines is 4. The summed E-state index contributed by atoms with van der Waals surface area (Å²) in [4.78, 5) is 26.2. The van der Waals surface area contributed by atoms with Gasteiger partial charge in [-0.05, 0) is 72.3 Å². The van der Waals surface area contributed by atoms with Gasteiger partial charge in [-0.15, -0.1) is 0 Å². The Morgan fingerprint density at radius 3 is 2.00 bits per heavy atom. The van der Waals surface area contributed by atoms with E-state index < -0.39 is 0 Å². The summed E-state index contributed by atoms with van der Waals surface area (Å²) in [6.07, 6.45) is 0.770. The van der Waals surface area contributed by atoms with Crippen molar-refractivity contribution in [2.45, 2.75) is 6.42 Å². The molecule has 0 spiro atoms. The van der Waals surface area contributed by atoms with Crippen LogP contribution in [-0.4, -0.2) is 18.4 Å². The minimum atomic E-state index is -0.329. The summed E-state index contributed by atoms with van der Waals surface area (Å²) in [5.74, 6) is -0.0393. The van der Waals surface area contributed by atoms with Gasteiger partial charge in [0, 0.05) is 29.0 Å². The summed E-state index contributed by atoms with van der Waals surface area (Å²) in [6.45, 7) is 0.501. The van der Waals surface area contributed by atoms with Crippen molar-refractivity contribution in [2.24, 2.45) is 0 Å². The molecule has 0 bridgehead atoms. The summed E-state index contributed by atoms with van der Waals surface area (Å²) in [6, 6.07) is 41.3. The second-order valence-electron chi connectivity index (χ2n) is 9.13. The first-order valence-electron chi connectivity index (χ1n) is 13.0. The monoisotopic (exact) mass is 527 g/mol. The van der Waals surface area contributed by atoms with Gasteiger partial charge in [0.2, 0.25) is 0 Å². The van der Waals surface area contributed by atoms with Crippen molar-refractivity contribution in [3.63, 3.8) is 0 Å². The molecule has 0 saturated heterocycles. The number of benzene rings is 5. The Balaban J connectivity index is 1.20. The third-order valence-corrected chi connectivity index (χ3v) is 6.22. The Morgan fingerprint density at radius 2 is 1.23 bits per heavy atom. The van der Waals surface area contributed by atoms with E-state index >= 15 is 0 Å². The van der Waals surface area contributed by atoms with E-state index in [9.17, 15) is 9.59 Å². The van der Waals surface area contributed by atoms with Crippen LogP contribution < -0.4 is 20.7 Å². The summed E-state index contributed by atoms with van der Waals surface area (Å²) in [5, 5.41) is 9.10. The minimum absolute atomic E-state index is 0.322. The van der Waals surface area contributed by atoms with Gasteiger partial charge < -0.3 is 20.7 Å². The average Bonchev–Trinajstić information content (AvgIpc) is 3.00. The highest BCUT2D eigenvalue weighted by atomic mass is 16.5. The van der Waals surface area contributed by atoms with E-state index in [2.05, 4.69) is 28.1 Å². The maximum atomic E-state index is 13.1. The number of rotatable bonds is 10. The molecule has 0 aliphatic rings. The maximum Gasteiger partial charge on any atom is 0.257 e. The van der Waals surface area contributed by atoms with E-state index in [0.717, 1.165) is 17.8 Å². The van der Waals surface area contributed by atoms with E-state index in [1.54, 1.807) is 42.5 Å². The molecule has 0 radical (unpaired) electrons. The fraction of sp³-hybridized carbons (Fsp3) is 0.0588. The topological polar surface area (TPSA) is 79.5 Å². The number of hydrogen-bond donors (Lipinski definition) is 3. The molecule has 198 valence electrons. The fourth-order valence-electron chi connectivity index (χ4n) is 4.17. The van der Waals surface area contributed by atoms with Crippen molar-refractivity contribution in [2.75, 3.05) is 22.6 Å². The normalized spacial score (nSPS) is 10.4. The molecule has 0 unspecified atom stereocenters. The van der Waals surface area contributed by atoms with Crippen LogP contribution in [-0.2, 0) is 6.42 Å². The summed E-state index contributed by atoms with van der Waals surface area (Å²) < 4.78 is 5.87. The third kappa shape index (κ3) is 7.14. The van der Waals surface area contributed by atoms with Crippen molar-refractivity contribution in [1.82, 2.24) is 0 Å². The quantitative estimate of drug-likeness (QED) is 0.175. The average molecular weight is 528 g/mol.